The molecular weight excluding hydrogens is 242 g/mol. The van der Waals surface area contributed by atoms with Crippen LogP contribution in [0.1, 0.15) is 12.2 Å². The predicted molar refractivity (Wildman–Crippen MR) is 75.7 cm³/mol. The van der Waals surface area contributed by atoms with Crippen LogP contribution in [0.5, 0.6) is 5.88 Å². The molecule has 0 radical (unpaired) electrons. The van der Waals surface area contributed by atoms with Gasteiger partial charge in [0.1, 0.15) is 11.6 Å². The van der Waals surface area contributed by atoms with Crippen LogP contribution in [-0.2, 0) is 0 Å². The molecule has 6 heteroatoms. The molecule has 1 aromatic rings. The first-order valence-corrected chi connectivity index (χ1v) is 6.84. The molecule has 106 valence electrons. The Hall–Kier alpha value is -1.40. The van der Waals surface area contributed by atoms with E-state index in [0.717, 1.165) is 57.3 Å². The zero-order valence-corrected chi connectivity index (χ0v) is 11.8. The van der Waals surface area contributed by atoms with Crippen molar-refractivity contribution in [2.24, 2.45) is 0 Å². The van der Waals surface area contributed by atoms with Crippen molar-refractivity contribution in [1.82, 2.24) is 20.2 Å². The molecule has 2 N–H and O–H groups in total. The summed E-state index contributed by atoms with van der Waals surface area (Å²) in [5, 5.41) is 6.69. The van der Waals surface area contributed by atoms with E-state index in [9.17, 15) is 0 Å². The molecule has 19 heavy (non-hydrogen) atoms. The van der Waals surface area contributed by atoms with E-state index in [2.05, 4.69) is 25.5 Å². The van der Waals surface area contributed by atoms with Crippen LogP contribution in [0.25, 0.3) is 0 Å². The maximum atomic E-state index is 5.13. The number of rotatable bonds is 6. The molecule has 1 saturated heterocycles. The highest BCUT2D eigenvalue weighted by Gasteiger charge is 2.08. The molecule has 1 aliphatic heterocycles. The summed E-state index contributed by atoms with van der Waals surface area (Å²) in [6, 6.07) is 1.83. The molecule has 1 aliphatic rings. The van der Waals surface area contributed by atoms with Crippen LogP contribution in [0, 0.1) is 6.92 Å². The fraction of sp³-hybridized carbons (Fsp3) is 0.692. The van der Waals surface area contributed by atoms with Gasteiger partial charge in [0, 0.05) is 38.8 Å². The zero-order valence-electron chi connectivity index (χ0n) is 11.8. The summed E-state index contributed by atoms with van der Waals surface area (Å²) < 4.78 is 5.13. The second-order valence-corrected chi connectivity index (χ2v) is 4.71. The molecule has 0 aromatic carbocycles. The SMILES string of the molecule is COc1cc(NCCCN2CCNCC2)nc(C)n1. The van der Waals surface area contributed by atoms with Gasteiger partial charge in [-0.2, -0.15) is 4.98 Å². The lowest BCUT2D eigenvalue weighted by atomic mass is 10.3. The number of anilines is 1. The molecule has 0 spiro atoms. The number of nitrogens with zero attached hydrogens (tertiary/aromatic N) is 3. The van der Waals surface area contributed by atoms with Crippen LogP contribution < -0.4 is 15.4 Å². The standard InChI is InChI=1S/C13H23N5O/c1-11-16-12(10-13(17-11)19-2)15-4-3-7-18-8-5-14-6-9-18/h10,14H,3-9H2,1-2H3,(H,15,16,17). The number of aromatic nitrogens is 2. The molecule has 2 heterocycles. The fourth-order valence-corrected chi connectivity index (χ4v) is 2.19. The average Bonchev–Trinajstić information content (AvgIpc) is 2.44. The van der Waals surface area contributed by atoms with Crippen LogP contribution in [0.4, 0.5) is 5.82 Å². The van der Waals surface area contributed by atoms with Crippen molar-refractivity contribution in [2.75, 3.05) is 51.7 Å². The van der Waals surface area contributed by atoms with Crippen molar-refractivity contribution in [3.63, 3.8) is 0 Å². The van der Waals surface area contributed by atoms with Gasteiger partial charge in [-0.05, 0) is 19.9 Å². The Morgan fingerprint density at radius 1 is 1.37 bits per heavy atom. The number of methoxy groups -OCH3 is 1. The number of ether oxygens (including phenoxy) is 1. The molecule has 0 unspecified atom stereocenters. The summed E-state index contributed by atoms with van der Waals surface area (Å²) in [7, 11) is 1.62. The Kier molecular flexibility index (Phi) is 5.35. The third-order valence-corrected chi connectivity index (χ3v) is 3.19. The first kappa shape index (κ1) is 14.0. The monoisotopic (exact) mass is 265 g/mol. The minimum atomic E-state index is 0.608. The van der Waals surface area contributed by atoms with Crippen LogP contribution in [0.3, 0.4) is 0 Å². The van der Waals surface area contributed by atoms with Gasteiger partial charge in [0.25, 0.3) is 0 Å². The quantitative estimate of drug-likeness (QED) is 0.730. The lowest BCUT2D eigenvalue weighted by Crippen LogP contribution is -2.44. The van der Waals surface area contributed by atoms with Crippen molar-refractivity contribution < 1.29 is 4.74 Å². The van der Waals surface area contributed by atoms with Crippen molar-refractivity contribution in [3.8, 4) is 5.88 Å². The van der Waals surface area contributed by atoms with E-state index in [0.29, 0.717) is 5.88 Å². The van der Waals surface area contributed by atoms with Gasteiger partial charge >= 0.3 is 0 Å². The second kappa shape index (κ2) is 7.25. The summed E-state index contributed by atoms with van der Waals surface area (Å²) in [4.78, 5) is 11.0. The van der Waals surface area contributed by atoms with E-state index < -0.39 is 0 Å². The van der Waals surface area contributed by atoms with Gasteiger partial charge in [0.05, 0.1) is 7.11 Å². The van der Waals surface area contributed by atoms with E-state index in [1.807, 2.05) is 13.0 Å². The first-order chi connectivity index (χ1) is 9.28. The van der Waals surface area contributed by atoms with Crippen molar-refractivity contribution in [2.45, 2.75) is 13.3 Å². The molecule has 1 aromatic heterocycles. The number of piperazine rings is 1. The van der Waals surface area contributed by atoms with Crippen molar-refractivity contribution >= 4 is 5.82 Å². The maximum absolute atomic E-state index is 5.13. The molecule has 1 fully saturated rings. The highest BCUT2D eigenvalue weighted by Crippen LogP contribution is 2.12. The lowest BCUT2D eigenvalue weighted by Gasteiger charge is -2.27. The van der Waals surface area contributed by atoms with Crippen LogP contribution in [0.2, 0.25) is 0 Å². The molecule has 0 saturated carbocycles. The van der Waals surface area contributed by atoms with Crippen LogP contribution >= 0.6 is 0 Å². The third-order valence-electron chi connectivity index (χ3n) is 3.19. The zero-order chi connectivity index (χ0) is 13.5. The van der Waals surface area contributed by atoms with Crippen LogP contribution in [0.15, 0.2) is 6.07 Å². The summed E-state index contributed by atoms with van der Waals surface area (Å²) >= 11 is 0. The summed E-state index contributed by atoms with van der Waals surface area (Å²) in [6.07, 6.45) is 1.12. The number of hydrogen-bond donors (Lipinski definition) is 2. The smallest absolute Gasteiger partial charge is 0.218 e. The molecule has 2 rings (SSSR count). The predicted octanol–water partition coefficient (Wildman–Crippen LogP) is 0.501. The topological polar surface area (TPSA) is 62.3 Å². The van der Waals surface area contributed by atoms with Gasteiger partial charge in [0.2, 0.25) is 5.88 Å². The molecule has 6 nitrogen and oxygen atoms in total. The highest BCUT2D eigenvalue weighted by molar-refractivity contribution is 5.38. The Bertz CT molecular complexity index is 393. The Balaban J connectivity index is 1.71. The summed E-state index contributed by atoms with van der Waals surface area (Å²) in [6.45, 7) is 8.44. The number of aryl methyl sites for hydroxylation is 1. The third kappa shape index (κ3) is 4.65. The van der Waals surface area contributed by atoms with E-state index in [4.69, 9.17) is 4.74 Å². The van der Waals surface area contributed by atoms with Gasteiger partial charge in [-0.1, -0.05) is 0 Å². The maximum Gasteiger partial charge on any atom is 0.218 e. The minimum Gasteiger partial charge on any atom is -0.481 e. The van der Waals surface area contributed by atoms with Gasteiger partial charge in [-0.25, -0.2) is 4.98 Å². The summed E-state index contributed by atoms with van der Waals surface area (Å²) in [5.74, 6) is 2.17. The fourth-order valence-electron chi connectivity index (χ4n) is 2.19. The Morgan fingerprint density at radius 2 is 2.16 bits per heavy atom. The molecule has 0 amide bonds. The first-order valence-electron chi connectivity index (χ1n) is 6.84. The molecule has 0 bridgehead atoms. The molecule has 0 aliphatic carbocycles. The van der Waals surface area contributed by atoms with Gasteiger partial charge in [-0.3, -0.25) is 0 Å². The molecular formula is C13H23N5O. The van der Waals surface area contributed by atoms with Gasteiger partial charge in [0.15, 0.2) is 0 Å². The number of hydrogen-bond acceptors (Lipinski definition) is 6. The van der Waals surface area contributed by atoms with Crippen molar-refractivity contribution in [1.29, 1.82) is 0 Å². The van der Waals surface area contributed by atoms with Crippen molar-refractivity contribution in [3.05, 3.63) is 11.9 Å². The van der Waals surface area contributed by atoms with E-state index in [1.165, 1.54) is 0 Å². The second-order valence-electron chi connectivity index (χ2n) is 4.71. The van der Waals surface area contributed by atoms with Crippen LogP contribution in [-0.4, -0.2) is 61.2 Å². The lowest BCUT2D eigenvalue weighted by molar-refractivity contribution is 0.240. The Labute approximate surface area is 114 Å². The van der Waals surface area contributed by atoms with Gasteiger partial charge in [-0.15, -0.1) is 0 Å². The largest absolute Gasteiger partial charge is 0.481 e. The number of nitrogens with one attached hydrogen (secondary N) is 2. The Morgan fingerprint density at radius 3 is 2.89 bits per heavy atom. The molecule has 0 atom stereocenters. The van der Waals surface area contributed by atoms with Gasteiger partial charge < -0.3 is 20.3 Å². The minimum absolute atomic E-state index is 0.608. The van der Waals surface area contributed by atoms with E-state index in [1.54, 1.807) is 7.11 Å². The normalized spacial score (nSPS) is 16.3. The average molecular weight is 265 g/mol. The van der Waals surface area contributed by atoms with E-state index in [-0.39, 0.29) is 0 Å². The highest BCUT2D eigenvalue weighted by atomic mass is 16.5. The van der Waals surface area contributed by atoms with E-state index >= 15 is 0 Å². The summed E-state index contributed by atoms with van der Waals surface area (Å²) in [5.41, 5.74) is 0.